The summed E-state index contributed by atoms with van der Waals surface area (Å²) in [6.07, 6.45) is 2.92. The predicted octanol–water partition coefficient (Wildman–Crippen LogP) is 3.17. The van der Waals surface area contributed by atoms with E-state index in [9.17, 15) is 24.6 Å². The van der Waals surface area contributed by atoms with Gasteiger partial charge in [-0.05, 0) is 30.4 Å². The van der Waals surface area contributed by atoms with Gasteiger partial charge >= 0.3 is 5.97 Å². The molecular formula is C30H34N2O6. The van der Waals surface area contributed by atoms with Crippen LogP contribution >= 0.6 is 0 Å². The lowest BCUT2D eigenvalue weighted by Crippen LogP contribution is -2.57. The number of carbonyl (C=O) groups is 3. The standard InChI is InChI=1S/C30H34N2O6/c1-3-17-31(18-20-11-7-5-8-12-20)27(35)25-30-16-15-29(4-2,38-30)24(28(36)37)23(30)26(34)32(25)22(19-33)21-13-9-6-10-14-21/h3,5-14,22-25,33H,1,4,15-19H2,2H3,(H,36,37)/t22-,23+,24-,25?,29+,30?/m1/s1. The van der Waals surface area contributed by atoms with Crippen molar-refractivity contribution in [2.75, 3.05) is 13.2 Å². The first-order valence-corrected chi connectivity index (χ1v) is 13.2. The van der Waals surface area contributed by atoms with E-state index in [4.69, 9.17) is 4.74 Å². The van der Waals surface area contributed by atoms with Crippen molar-refractivity contribution in [1.29, 1.82) is 0 Å². The van der Waals surface area contributed by atoms with Gasteiger partial charge in [0.1, 0.15) is 17.6 Å². The van der Waals surface area contributed by atoms with E-state index in [1.807, 2.05) is 55.5 Å². The fourth-order valence-corrected chi connectivity index (χ4v) is 7.04. The van der Waals surface area contributed by atoms with Crippen LogP contribution in [0.3, 0.4) is 0 Å². The molecule has 2 aromatic carbocycles. The summed E-state index contributed by atoms with van der Waals surface area (Å²) >= 11 is 0. The Morgan fingerprint density at radius 2 is 1.82 bits per heavy atom. The monoisotopic (exact) mass is 518 g/mol. The van der Waals surface area contributed by atoms with Gasteiger partial charge in [-0.15, -0.1) is 6.58 Å². The summed E-state index contributed by atoms with van der Waals surface area (Å²) in [4.78, 5) is 44.4. The van der Waals surface area contributed by atoms with Crippen LogP contribution in [0, 0.1) is 11.8 Å². The van der Waals surface area contributed by atoms with Crippen LogP contribution in [-0.4, -0.2) is 68.2 Å². The van der Waals surface area contributed by atoms with Crippen LogP contribution in [0.15, 0.2) is 73.3 Å². The van der Waals surface area contributed by atoms with Gasteiger partial charge in [0.05, 0.1) is 24.2 Å². The Morgan fingerprint density at radius 1 is 1.16 bits per heavy atom. The van der Waals surface area contributed by atoms with Gasteiger partial charge in [0.25, 0.3) is 0 Å². The summed E-state index contributed by atoms with van der Waals surface area (Å²) in [6, 6.07) is 16.7. The predicted molar refractivity (Wildman–Crippen MR) is 140 cm³/mol. The second kappa shape index (κ2) is 10.0. The molecule has 1 spiro atoms. The second-order valence-corrected chi connectivity index (χ2v) is 10.5. The first-order chi connectivity index (χ1) is 18.3. The van der Waals surface area contributed by atoms with Crippen molar-refractivity contribution in [3.63, 3.8) is 0 Å². The van der Waals surface area contributed by atoms with Gasteiger partial charge in [-0.2, -0.15) is 0 Å². The molecule has 0 aliphatic carbocycles. The van der Waals surface area contributed by atoms with E-state index in [1.165, 1.54) is 4.90 Å². The maximum Gasteiger partial charge on any atom is 0.310 e. The van der Waals surface area contributed by atoms with E-state index in [2.05, 4.69) is 6.58 Å². The van der Waals surface area contributed by atoms with Crippen LogP contribution in [0.25, 0.3) is 0 Å². The molecule has 2 bridgehead atoms. The molecule has 8 heteroatoms. The second-order valence-electron chi connectivity index (χ2n) is 10.5. The lowest BCUT2D eigenvalue weighted by Gasteiger charge is -2.39. The minimum atomic E-state index is -1.29. The number of carboxylic acids is 1. The summed E-state index contributed by atoms with van der Waals surface area (Å²) in [7, 11) is 0. The van der Waals surface area contributed by atoms with Gasteiger partial charge in [0.15, 0.2) is 0 Å². The van der Waals surface area contributed by atoms with E-state index < -0.39 is 53.6 Å². The maximum atomic E-state index is 14.5. The molecule has 3 aliphatic heterocycles. The highest BCUT2D eigenvalue weighted by Gasteiger charge is 2.79. The number of likely N-dealkylation sites (tertiary alicyclic amines) is 1. The molecule has 0 radical (unpaired) electrons. The highest BCUT2D eigenvalue weighted by molar-refractivity contribution is 5.98. The number of fused-ring (bicyclic) bond motifs is 1. The summed E-state index contributed by atoms with van der Waals surface area (Å²) in [5.41, 5.74) is -0.700. The van der Waals surface area contributed by atoms with Crippen molar-refractivity contribution in [1.82, 2.24) is 9.80 Å². The number of hydrogen-bond acceptors (Lipinski definition) is 5. The molecule has 3 saturated heterocycles. The number of aliphatic hydroxyl groups is 1. The summed E-state index contributed by atoms with van der Waals surface area (Å²) < 4.78 is 6.64. The van der Waals surface area contributed by atoms with Crippen molar-refractivity contribution >= 4 is 17.8 Å². The number of rotatable bonds is 10. The number of nitrogens with zero attached hydrogens (tertiary/aromatic N) is 2. The van der Waals surface area contributed by atoms with Crippen LogP contribution < -0.4 is 0 Å². The van der Waals surface area contributed by atoms with Crippen molar-refractivity contribution in [2.24, 2.45) is 11.8 Å². The zero-order valence-corrected chi connectivity index (χ0v) is 21.5. The number of aliphatic hydroxyl groups excluding tert-OH is 1. The van der Waals surface area contributed by atoms with Crippen molar-refractivity contribution in [3.05, 3.63) is 84.4 Å². The van der Waals surface area contributed by atoms with Gasteiger partial charge in [-0.1, -0.05) is 73.7 Å². The molecule has 38 heavy (non-hydrogen) atoms. The Labute approximate surface area is 222 Å². The smallest absolute Gasteiger partial charge is 0.310 e. The molecule has 2 N–H and O–H groups in total. The molecule has 6 atom stereocenters. The van der Waals surface area contributed by atoms with Crippen LogP contribution in [0.5, 0.6) is 0 Å². The average molecular weight is 519 g/mol. The van der Waals surface area contributed by atoms with Crippen LogP contribution in [-0.2, 0) is 25.7 Å². The van der Waals surface area contributed by atoms with E-state index in [-0.39, 0.29) is 12.5 Å². The van der Waals surface area contributed by atoms with Crippen LogP contribution in [0.2, 0.25) is 0 Å². The molecule has 200 valence electrons. The number of carboxylic acid groups (broad SMARTS) is 1. The molecule has 0 aromatic heterocycles. The van der Waals surface area contributed by atoms with Crippen LogP contribution in [0.1, 0.15) is 43.4 Å². The first kappa shape index (κ1) is 26.1. The highest BCUT2D eigenvalue weighted by Crippen LogP contribution is 2.65. The third-order valence-corrected chi connectivity index (χ3v) is 8.69. The lowest BCUT2D eigenvalue weighted by molar-refractivity contribution is -0.160. The molecule has 2 unspecified atom stereocenters. The van der Waals surface area contributed by atoms with Crippen molar-refractivity contribution in [2.45, 2.75) is 56.0 Å². The number of hydrogen-bond donors (Lipinski definition) is 2. The van der Waals surface area contributed by atoms with E-state index in [0.717, 1.165) is 5.56 Å². The summed E-state index contributed by atoms with van der Waals surface area (Å²) in [6.45, 7) is 5.82. The molecule has 2 aromatic rings. The normalized spacial score (nSPS) is 30.2. The van der Waals surface area contributed by atoms with E-state index >= 15 is 0 Å². The highest BCUT2D eigenvalue weighted by atomic mass is 16.5. The summed E-state index contributed by atoms with van der Waals surface area (Å²) in [5.74, 6) is -3.95. The largest absolute Gasteiger partial charge is 0.481 e. The number of carbonyl (C=O) groups excluding carboxylic acids is 2. The quantitative estimate of drug-likeness (QED) is 0.468. The topological polar surface area (TPSA) is 107 Å². The van der Waals surface area contributed by atoms with E-state index in [0.29, 0.717) is 31.4 Å². The third kappa shape index (κ3) is 3.85. The zero-order valence-electron chi connectivity index (χ0n) is 21.5. The van der Waals surface area contributed by atoms with Gasteiger partial charge in [-0.3, -0.25) is 14.4 Å². The zero-order chi connectivity index (χ0) is 27.1. The van der Waals surface area contributed by atoms with Crippen LogP contribution in [0.4, 0.5) is 0 Å². The van der Waals surface area contributed by atoms with Crippen molar-refractivity contribution in [3.8, 4) is 0 Å². The fraction of sp³-hybridized carbons (Fsp3) is 0.433. The molecule has 3 fully saturated rings. The molecule has 2 amide bonds. The molecule has 3 heterocycles. The number of benzene rings is 2. The minimum absolute atomic E-state index is 0.239. The van der Waals surface area contributed by atoms with E-state index in [1.54, 1.807) is 23.1 Å². The van der Waals surface area contributed by atoms with Gasteiger partial charge in [0, 0.05) is 13.1 Å². The first-order valence-electron chi connectivity index (χ1n) is 13.2. The Balaban J connectivity index is 1.64. The van der Waals surface area contributed by atoms with Gasteiger partial charge in [-0.25, -0.2) is 0 Å². The Morgan fingerprint density at radius 3 is 2.39 bits per heavy atom. The number of ether oxygens (including phenoxy) is 1. The lowest BCUT2D eigenvalue weighted by atomic mass is 9.65. The molecule has 8 nitrogen and oxygen atoms in total. The van der Waals surface area contributed by atoms with Gasteiger partial charge < -0.3 is 24.7 Å². The fourth-order valence-electron chi connectivity index (χ4n) is 7.04. The molecule has 5 rings (SSSR count). The minimum Gasteiger partial charge on any atom is -0.481 e. The average Bonchev–Trinajstić information content (AvgIpc) is 3.54. The Bertz CT molecular complexity index is 1220. The molecule has 0 saturated carbocycles. The van der Waals surface area contributed by atoms with Gasteiger partial charge in [0.2, 0.25) is 11.8 Å². The summed E-state index contributed by atoms with van der Waals surface area (Å²) in [5, 5.41) is 20.8. The SMILES string of the molecule is C=CCN(Cc1ccccc1)C(=O)C1N([C@H](CO)c2ccccc2)C(=O)[C@@H]2[C@H](C(=O)O)[C@]3(CC)CCC12O3. The number of aliphatic carboxylic acids is 1. The number of amides is 2. The Kier molecular flexibility index (Phi) is 6.88. The maximum absolute atomic E-state index is 14.5. The molecule has 3 aliphatic rings. The third-order valence-electron chi connectivity index (χ3n) is 8.69. The molecular weight excluding hydrogens is 484 g/mol. The van der Waals surface area contributed by atoms with Crippen molar-refractivity contribution < 1.29 is 29.3 Å². The Hall–Kier alpha value is -3.49.